The van der Waals surface area contributed by atoms with Gasteiger partial charge in [-0.3, -0.25) is 4.79 Å². The molecular formula is C18H17F2NO4. The average molecular weight is 349 g/mol. The summed E-state index contributed by atoms with van der Waals surface area (Å²) in [6.45, 7) is 0.390. The zero-order valence-electron chi connectivity index (χ0n) is 13.7. The van der Waals surface area contributed by atoms with Crippen LogP contribution < -0.4 is 10.1 Å². The van der Waals surface area contributed by atoms with Gasteiger partial charge in [0.15, 0.2) is 6.10 Å². The zero-order chi connectivity index (χ0) is 18.4. The molecule has 5 nitrogen and oxygen atoms in total. The fraction of sp³-hybridized carbons (Fsp3) is 0.222. The van der Waals surface area contributed by atoms with Crippen LogP contribution in [0.1, 0.15) is 22.8 Å². The van der Waals surface area contributed by atoms with Crippen molar-refractivity contribution < 1.29 is 27.8 Å². The lowest BCUT2D eigenvalue weighted by molar-refractivity contribution is -0.123. The van der Waals surface area contributed by atoms with Crippen LogP contribution in [0, 0.1) is 6.92 Å². The van der Waals surface area contributed by atoms with Crippen molar-refractivity contribution in [2.75, 3.05) is 5.32 Å². The van der Waals surface area contributed by atoms with E-state index in [4.69, 9.17) is 4.74 Å². The molecule has 2 rings (SSSR count). The predicted molar refractivity (Wildman–Crippen MR) is 87.8 cm³/mol. The Labute approximate surface area is 143 Å². The van der Waals surface area contributed by atoms with E-state index in [2.05, 4.69) is 10.1 Å². The molecular weight excluding hydrogens is 332 g/mol. The second kappa shape index (κ2) is 8.23. The summed E-state index contributed by atoms with van der Waals surface area (Å²) in [7, 11) is 0. The Bertz CT molecular complexity index is 747. The molecule has 132 valence electrons. The highest BCUT2D eigenvalue weighted by Gasteiger charge is 2.19. The van der Waals surface area contributed by atoms with E-state index in [-0.39, 0.29) is 11.3 Å². The largest absolute Gasteiger partial charge is 0.449 e. The van der Waals surface area contributed by atoms with E-state index in [0.29, 0.717) is 5.69 Å². The maximum Gasteiger partial charge on any atom is 0.387 e. The van der Waals surface area contributed by atoms with Crippen LogP contribution in [-0.4, -0.2) is 24.6 Å². The van der Waals surface area contributed by atoms with E-state index in [0.717, 1.165) is 5.56 Å². The fourth-order valence-electron chi connectivity index (χ4n) is 2.02. The Hall–Kier alpha value is -2.96. The lowest BCUT2D eigenvalue weighted by Gasteiger charge is -2.14. The first-order chi connectivity index (χ1) is 11.8. The SMILES string of the molecule is Cc1cccc(NC(=O)[C@@H](C)OC(=O)c2ccc(OC(F)F)cc2)c1. The summed E-state index contributed by atoms with van der Waals surface area (Å²) >= 11 is 0. The van der Waals surface area contributed by atoms with Gasteiger partial charge in [0.05, 0.1) is 5.56 Å². The van der Waals surface area contributed by atoms with Gasteiger partial charge < -0.3 is 14.8 Å². The molecule has 0 saturated heterocycles. The fourth-order valence-corrected chi connectivity index (χ4v) is 2.02. The van der Waals surface area contributed by atoms with Gasteiger partial charge >= 0.3 is 12.6 Å². The van der Waals surface area contributed by atoms with E-state index >= 15 is 0 Å². The third-order valence-corrected chi connectivity index (χ3v) is 3.25. The number of alkyl halides is 2. The number of benzene rings is 2. The van der Waals surface area contributed by atoms with Crippen molar-refractivity contribution in [3.05, 3.63) is 59.7 Å². The van der Waals surface area contributed by atoms with E-state index in [1.54, 1.807) is 18.2 Å². The second-order valence-electron chi connectivity index (χ2n) is 5.31. The third-order valence-electron chi connectivity index (χ3n) is 3.25. The molecule has 0 aliphatic heterocycles. The first-order valence-corrected chi connectivity index (χ1v) is 7.48. The highest BCUT2D eigenvalue weighted by Crippen LogP contribution is 2.16. The standard InChI is InChI=1S/C18H17F2NO4/c1-11-4-3-5-14(10-11)21-16(22)12(2)24-17(23)13-6-8-15(9-7-13)25-18(19)20/h3-10,12,18H,1-2H3,(H,21,22)/t12-/m1/s1. The number of hydrogen-bond donors (Lipinski definition) is 1. The van der Waals surface area contributed by atoms with Crippen LogP contribution in [0.25, 0.3) is 0 Å². The Balaban J connectivity index is 1.93. The smallest absolute Gasteiger partial charge is 0.387 e. The molecule has 1 amide bonds. The molecule has 25 heavy (non-hydrogen) atoms. The number of halogens is 2. The Kier molecular flexibility index (Phi) is 6.05. The summed E-state index contributed by atoms with van der Waals surface area (Å²) in [5, 5.41) is 2.65. The molecule has 0 heterocycles. The average Bonchev–Trinajstić information content (AvgIpc) is 2.54. The van der Waals surface area contributed by atoms with Gasteiger partial charge in [-0.2, -0.15) is 8.78 Å². The molecule has 0 fully saturated rings. The molecule has 0 bridgehead atoms. The molecule has 0 saturated carbocycles. The predicted octanol–water partition coefficient (Wildman–Crippen LogP) is 3.78. The topological polar surface area (TPSA) is 64.6 Å². The van der Waals surface area contributed by atoms with Crippen molar-refractivity contribution in [3.8, 4) is 5.75 Å². The maximum absolute atomic E-state index is 12.1. The number of carbonyl (C=O) groups is 2. The van der Waals surface area contributed by atoms with E-state index in [1.807, 2.05) is 13.0 Å². The minimum Gasteiger partial charge on any atom is -0.449 e. The van der Waals surface area contributed by atoms with Crippen molar-refractivity contribution in [1.29, 1.82) is 0 Å². The summed E-state index contributed by atoms with van der Waals surface area (Å²) in [6.07, 6.45) is -1.02. The van der Waals surface area contributed by atoms with Gasteiger partial charge in [0.2, 0.25) is 0 Å². The number of nitrogens with one attached hydrogen (secondary N) is 1. The molecule has 0 unspecified atom stereocenters. The van der Waals surface area contributed by atoms with Crippen LogP contribution in [-0.2, 0) is 9.53 Å². The minimum atomic E-state index is -2.94. The summed E-state index contributed by atoms with van der Waals surface area (Å²) < 4.78 is 33.4. The van der Waals surface area contributed by atoms with Crippen molar-refractivity contribution in [2.45, 2.75) is 26.6 Å². The number of carbonyl (C=O) groups excluding carboxylic acids is 2. The van der Waals surface area contributed by atoms with Crippen molar-refractivity contribution >= 4 is 17.6 Å². The first kappa shape index (κ1) is 18.4. The normalized spacial score (nSPS) is 11.7. The Morgan fingerprint density at radius 1 is 1.08 bits per heavy atom. The maximum atomic E-state index is 12.1. The minimum absolute atomic E-state index is 0.0724. The molecule has 1 N–H and O–H groups in total. The third kappa shape index (κ3) is 5.56. The monoisotopic (exact) mass is 349 g/mol. The van der Waals surface area contributed by atoms with Crippen LogP contribution >= 0.6 is 0 Å². The summed E-state index contributed by atoms with van der Waals surface area (Å²) in [4.78, 5) is 24.1. The molecule has 0 aromatic heterocycles. The molecule has 0 radical (unpaired) electrons. The number of anilines is 1. The summed E-state index contributed by atoms with van der Waals surface area (Å²) in [5.41, 5.74) is 1.70. The Morgan fingerprint density at radius 3 is 2.36 bits per heavy atom. The Morgan fingerprint density at radius 2 is 1.76 bits per heavy atom. The van der Waals surface area contributed by atoms with E-state index in [1.165, 1.54) is 31.2 Å². The van der Waals surface area contributed by atoms with E-state index < -0.39 is 24.6 Å². The van der Waals surface area contributed by atoms with Gasteiger partial charge in [-0.1, -0.05) is 12.1 Å². The number of esters is 1. The molecule has 2 aromatic carbocycles. The van der Waals surface area contributed by atoms with Crippen molar-refractivity contribution in [2.24, 2.45) is 0 Å². The number of amides is 1. The van der Waals surface area contributed by atoms with Crippen LogP contribution in [0.3, 0.4) is 0 Å². The lowest BCUT2D eigenvalue weighted by atomic mass is 10.2. The number of rotatable bonds is 6. The van der Waals surface area contributed by atoms with Gasteiger partial charge in [0.25, 0.3) is 5.91 Å². The molecule has 7 heteroatoms. The quantitative estimate of drug-likeness (QED) is 0.806. The van der Waals surface area contributed by atoms with Gasteiger partial charge in [0, 0.05) is 5.69 Å². The van der Waals surface area contributed by atoms with Crippen molar-refractivity contribution in [3.63, 3.8) is 0 Å². The highest BCUT2D eigenvalue weighted by molar-refractivity contribution is 5.97. The van der Waals surface area contributed by atoms with Gasteiger partial charge in [-0.05, 0) is 55.8 Å². The number of ether oxygens (including phenoxy) is 2. The molecule has 0 spiro atoms. The van der Waals surface area contributed by atoms with Gasteiger partial charge in [0.1, 0.15) is 5.75 Å². The van der Waals surface area contributed by atoms with E-state index in [9.17, 15) is 18.4 Å². The second-order valence-corrected chi connectivity index (χ2v) is 5.31. The van der Waals surface area contributed by atoms with Gasteiger partial charge in [-0.15, -0.1) is 0 Å². The number of hydrogen-bond acceptors (Lipinski definition) is 4. The van der Waals surface area contributed by atoms with Crippen LogP contribution in [0.15, 0.2) is 48.5 Å². The van der Waals surface area contributed by atoms with Crippen molar-refractivity contribution in [1.82, 2.24) is 0 Å². The molecule has 0 aliphatic carbocycles. The van der Waals surface area contributed by atoms with Gasteiger partial charge in [-0.25, -0.2) is 4.79 Å². The summed E-state index contributed by atoms with van der Waals surface area (Å²) in [5.74, 6) is -1.29. The lowest BCUT2D eigenvalue weighted by Crippen LogP contribution is -2.30. The molecule has 2 aromatic rings. The molecule has 0 aliphatic rings. The first-order valence-electron chi connectivity index (χ1n) is 7.48. The highest BCUT2D eigenvalue weighted by atomic mass is 19.3. The number of aryl methyl sites for hydroxylation is 1. The zero-order valence-corrected chi connectivity index (χ0v) is 13.7. The molecule has 1 atom stereocenters. The van der Waals surface area contributed by atoms with Crippen LogP contribution in [0.4, 0.5) is 14.5 Å². The van der Waals surface area contributed by atoms with Crippen LogP contribution in [0.2, 0.25) is 0 Å². The van der Waals surface area contributed by atoms with Crippen LogP contribution in [0.5, 0.6) is 5.75 Å². The summed E-state index contributed by atoms with van der Waals surface area (Å²) in [6, 6.07) is 12.2.